The fraction of sp³-hybridized carbons (Fsp3) is 0.455. The Bertz CT molecular complexity index is 404. The molecule has 0 aromatic carbocycles. The van der Waals surface area contributed by atoms with E-state index in [0.29, 0.717) is 23.4 Å². The van der Waals surface area contributed by atoms with Gasteiger partial charge in [-0.3, -0.25) is 4.79 Å². The zero-order valence-electron chi connectivity index (χ0n) is 9.09. The molecule has 0 aliphatic heterocycles. The van der Waals surface area contributed by atoms with Crippen LogP contribution in [0.2, 0.25) is 5.15 Å². The standard InChI is InChI=1S/C11H14ClN3O/c1-7-4-9(5-14-11(7)12)15-10(16)6-13-8-2-3-8/h4-5,8,13H,2-3,6H2,1H3,(H,15,16). The smallest absolute Gasteiger partial charge is 0.238 e. The zero-order valence-corrected chi connectivity index (χ0v) is 9.84. The number of rotatable bonds is 4. The van der Waals surface area contributed by atoms with Crippen molar-refractivity contribution >= 4 is 23.2 Å². The van der Waals surface area contributed by atoms with E-state index in [4.69, 9.17) is 11.6 Å². The van der Waals surface area contributed by atoms with Crippen LogP contribution in [-0.4, -0.2) is 23.5 Å². The second-order valence-electron chi connectivity index (χ2n) is 4.04. The fourth-order valence-corrected chi connectivity index (χ4v) is 1.46. The molecule has 1 aromatic heterocycles. The Morgan fingerprint density at radius 1 is 1.62 bits per heavy atom. The highest BCUT2D eigenvalue weighted by molar-refractivity contribution is 6.30. The van der Waals surface area contributed by atoms with Gasteiger partial charge in [0.25, 0.3) is 0 Å². The number of hydrogen-bond donors (Lipinski definition) is 2. The van der Waals surface area contributed by atoms with Gasteiger partial charge in [0, 0.05) is 6.04 Å². The van der Waals surface area contributed by atoms with E-state index >= 15 is 0 Å². The molecule has 1 saturated carbocycles. The Morgan fingerprint density at radius 2 is 2.38 bits per heavy atom. The first-order valence-corrected chi connectivity index (χ1v) is 5.68. The predicted molar refractivity (Wildman–Crippen MR) is 63.6 cm³/mol. The van der Waals surface area contributed by atoms with Gasteiger partial charge in [-0.1, -0.05) is 11.6 Å². The summed E-state index contributed by atoms with van der Waals surface area (Å²) < 4.78 is 0. The van der Waals surface area contributed by atoms with Crippen molar-refractivity contribution in [3.63, 3.8) is 0 Å². The Balaban J connectivity index is 1.86. The molecule has 0 unspecified atom stereocenters. The molecule has 16 heavy (non-hydrogen) atoms. The number of carbonyl (C=O) groups excluding carboxylic acids is 1. The lowest BCUT2D eigenvalue weighted by molar-refractivity contribution is -0.115. The van der Waals surface area contributed by atoms with Crippen molar-refractivity contribution in [1.29, 1.82) is 0 Å². The molecule has 1 aliphatic carbocycles. The Morgan fingerprint density at radius 3 is 3.00 bits per heavy atom. The SMILES string of the molecule is Cc1cc(NC(=O)CNC2CC2)cnc1Cl. The molecule has 0 atom stereocenters. The monoisotopic (exact) mass is 239 g/mol. The average molecular weight is 240 g/mol. The molecule has 0 saturated heterocycles. The van der Waals surface area contributed by atoms with Crippen molar-refractivity contribution in [3.8, 4) is 0 Å². The van der Waals surface area contributed by atoms with E-state index < -0.39 is 0 Å². The summed E-state index contributed by atoms with van der Waals surface area (Å²) in [5.41, 5.74) is 1.54. The lowest BCUT2D eigenvalue weighted by Crippen LogP contribution is -2.29. The van der Waals surface area contributed by atoms with Crippen molar-refractivity contribution in [1.82, 2.24) is 10.3 Å². The molecule has 2 N–H and O–H groups in total. The van der Waals surface area contributed by atoms with Crippen LogP contribution in [0.4, 0.5) is 5.69 Å². The number of anilines is 1. The molecule has 1 fully saturated rings. The molecular formula is C11H14ClN3O. The summed E-state index contributed by atoms with van der Waals surface area (Å²) in [6.07, 6.45) is 3.91. The van der Waals surface area contributed by atoms with E-state index in [-0.39, 0.29) is 5.91 Å². The minimum Gasteiger partial charge on any atom is -0.324 e. The summed E-state index contributed by atoms with van der Waals surface area (Å²) in [5.74, 6) is -0.0459. The second-order valence-corrected chi connectivity index (χ2v) is 4.39. The fourth-order valence-electron chi connectivity index (χ4n) is 1.36. The van der Waals surface area contributed by atoms with E-state index in [1.165, 1.54) is 12.8 Å². The van der Waals surface area contributed by atoms with Crippen molar-refractivity contribution in [3.05, 3.63) is 23.0 Å². The molecule has 5 heteroatoms. The van der Waals surface area contributed by atoms with Gasteiger partial charge in [0.2, 0.25) is 5.91 Å². The summed E-state index contributed by atoms with van der Waals surface area (Å²) in [4.78, 5) is 15.5. The van der Waals surface area contributed by atoms with Gasteiger partial charge in [0.1, 0.15) is 5.15 Å². The van der Waals surface area contributed by atoms with Gasteiger partial charge < -0.3 is 10.6 Å². The first-order valence-electron chi connectivity index (χ1n) is 5.30. The first kappa shape index (κ1) is 11.4. The molecule has 0 bridgehead atoms. The second kappa shape index (κ2) is 4.80. The molecule has 0 radical (unpaired) electrons. The maximum Gasteiger partial charge on any atom is 0.238 e. The predicted octanol–water partition coefficient (Wildman–Crippen LogP) is 1.73. The molecule has 1 aliphatic rings. The van der Waals surface area contributed by atoms with Crippen LogP contribution in [0.15, 0.2) is 12.3 Å². The number of amides is 1. The van der Waals surface area contributed by atoms with Gasteiger partial charge in [0.05, 0.1) is 18.4 Å². The van der Waals surface area contributed by atoms with E-state index in [2.05, 4.69) is 15.6 Å². The Labute approximate surface area is 99.4 Å². The average Bonchev–Trinajstić information content (AvgIpc) is 3.04. The third kappa shape index (κ3) is 3.18. The van der Waals surface area contributed by atoms with Crippen LogP contribution >= 0.6 is 11.6 Å². The maximum absolute atomic E-state index is 11.5. The van der Waals surface area contributed by atoms with Crippen LogP contribution in [0.25, 0.3) is 0 Å². The summed E-state index contributed by atoms with van der Waals surface area (Å²) in [7, 11) is 0. The number of nitrogens with one attached hydrogen (secondary N) is 2. The largest absolute Gasteiger partial charge is 0.324 e. The highest BCUT2D eigenvalue weighted by Gasteiger charge is 2.21. The quantitative estimate of drug-likeness (QED) is 0.787. The lowest BCUT2D eigenvalue weighted by Gasteiger charge is -2.06. The third-order valence-corrected chi connectivity index (χ3v) is 2.82. The van der Waals surface area contributed by atoms with Crippen LogP contribution < -0.4 is 10.6 Å². The molecular weight excluding hydrogens is 226 g/mol. The molecule has 86 valence electrons. The zero-order chi connectivity index (χ0) is 11.5. The van der Waals surface area contributed by atoms with E-state index in [1.54, 1.807) is 6.20 Å². The number of pyridine rings is 1. The van der Waals surface area contributed by atoms with Crippen molar-refractivity contribution in [2.75, 3.05) is 11.9 Å². The molecule has 2 rings (SSSR count). The highest BCUT2D eigenvalue weighted by Crippen LogP contribution is 2.18. The van der Waals surface area contributed by atoms with E-state index in [9.17, 15) is 4.79 Å². The minimum atomic E-state index is -0.0459. The molecule has 4 nitrogen and oxygen atoms in total. The van der Waals surface area contributed by atoms with Crippen molar-refractivity contribution < 1.29 is 4.79 Å². The number of hydrogen-bond acceptors (Lipinski definition) is 3. The number of halogens is 1. The summed E-state index contributed by atoms with van der Waals surface area (Å²) in [5, 5.41) is 6.38. The van der Waals surface area contributed by atoms with Gasteiger partial charge in [-0.2, -0.15) is 0 Å². The van der Waals surface area contributed by atoms with Crippen molar-refractivity contribution in [2.24, 2.45) is 0 Å². The van der Waals surface area contributed by atoms with E-state index in [0.717, 1.165) is 5.56 Å². The Hall–Kier alpha value is -1.13. The van der Waals surface area contributed by atoms with Crippen LogP contribution in [0.5, 0.6) is 0 Å². The van der Waals surface area contributed by atoms with Gasteiger partial charge >= 0.3 is 0 Å². The van der Waals surface area contributed by atoms with Crippen LogP contribution in [-0.2, 0) is 4.79 Å². The summed E-state index contributed by atoms with van der Waals surface area (Å²) in [6.45, 7) is 2.21. The maximum atomic E-state index is 11.5. The summed E-state index contributed by atoms with van der Waals surface area (Å²) >= 11 is 5.79. The first-order chi connectivity index (χ1) is 7.65. The van der Waals surface area contributed by atoms with Gasteiger partial charge in [-0.25, -0.2) is 4.98 Å². The number of nitrogens with zero attached hydrogens (tertiary/aromatic N) is 1. The lowest BCUT2D eigenvalue weighted by atomic mass is 10.3. The van der Waals surface area contributed by atoms with Gasteiger partial charge in [-0.15, -0.1) is 0 Å². The molecule has 1 aromatic rings. The van der Waals surface area contributed by atoms with Gasteiger partial charge in [-0.05, 0) is 31.4 Å². The number of aromatic nitrogens is 1. The topological polar surface area (TPSA) is 54.0 Å². The third-order valence-electron chi connectivity index (χ3n) is 2.43. The normalized spacial score (nSPS) is 14.9. The summed E-state index contributed by atoms with van der Waals surface area (Å²) in [6, 6.07) is 2.35. The Kier molecular flexibility index (Phi) is 3.41. The minimum absolute atomic E-state index is 0.0459. The number of aryl methyl sites for hydroxylation is 1. The van der Waals surface area contributed by atoms with Crippen LogP contribution in [0, 0.1) is 6.92 Å². The molecule has 0 spiro atoms. The van der Waals surface area contributed by atoms with E-state index in [1.807, 2.05) is 13.0 Å². The van der Waals surface area contributed by atoms with Crippen LogP contribution in [0.3, 0.4) is 0 Å². The molecule has 1 heterocycles. The van der Waals surface area contributed by atoms with Gasteiger partial charge in [0.15, 0.2) is 0 Å². The number of carbonyl (C=O) groups is 1. The highest BCUT2D eigenvalue weighted by atomic mass is 35.5. The van der Waals surface area contributed by atoms with Crippen molar-refractivity contribution in [2.45, 2.75) is 25.8 Å². The van der Waals surface area contributed by atoms with Crippen LogP contribution in [0.1, 0.15) is 18.4 Å². The molecule has 1 amide bonds.